The molecule has 2 aromatic rings. The van der Waals surface area contributed by atoms with Gasteiger partial charge in [-0.05, 0) is 43.0 Å². The van der Waals surface area contributed by atoms with Gasteiger partial charge in [0.2, 0.25) is 0 Å². The Morgan fingerprint density at radius 3 is 2.91 bits per heavy atom. The highest BCUT2D eigenvalue weighted by Crippen LogP contribution is 2.32. The number of nitrogens with one attached hydrogen (secondary N) is 1. The molecule has 0 aliphatic heterocycles. The maximum Gasteiger partial charge on any atom is 0.336 e. The zero-order chi connectivity index (χ0) is 15.7. The van der Waals surface area contributed by atoms with E-state index >= 15 is 0 Å². The third kappa shape index (κ3) is 3.28. The first-order chi connectivity index (χ1) is 10.5. The predicted molar refractivity (Wildman–Crippen MR) is 82.9 cm³/mol. The lowest BCUT2D eigenvalue weighted by atomic mass is 10.2. The van der Waals surface area contributed by atoms with E-state index in [9.17, 15) is 14.7 Å². The highest BCUT2D eigenvalue weighted by atomic mass is 16.4. The number of carbonyl (C=O) groups excluding carboxylic acids is 1. The quantitative estimate of drug-likeness (QED) is 0.847. The average Bonchev–Trinajstić information content (AvgIpc) is 3.32. The van der Waals surface area contributed by atoms with Gasteiger partial charge in [0.1, 0.15) is 5.58 Å². The fourth-order valence-corrected chi connectivity index (χ4v) is 2.36. The fraction of sp³-hybridized carbons (Fsp3) is 0.375. The van der Waals surface area contributed by atoms with Gasteiger partial charge < -0.3 is 19.7 Å². The number of likely N-dealkylation sites (N-methyl/N-ethyl adjacent to an activating group) is 1. The van der Waals surface area contributed by atoms with Crippen molar-refractivity contribution in [2.45, 2.75) is 18.9 Å². The Hall–Kier alpha value is -2.34. The van der Waals surface area contributed by atoms with Crippen LogP contribution in [-0.4, -0.2) is 35.7 Å². The molecule has 2 amide bonds. The minimum Gasteiger partial charge on any atom is -0.423 e. The van der Waals surface area contributed by atoms with Gasteiger partial charge in [-0.2, -0.15) is 0 Å². The highest BCUT2D eigenvalue weighted by molar-refractivity contribution is 5.92. The molecule has 1 heterocycles. The summed E-state index contributed by atoms with van der Waals surface area (Å²) in [6.45, 7) is 0.318. The summed E-state index contributed by atoms with van der Waals surface area (Å²) in [5.74, 6) is 0.332. The molecular weight excluding hydrogens is 284 g/mol. The first-order valence-electron chi connectivity index (χ1n) is 7.27. The molecule has 1 fully saturated rings. The van der Waals surface area contributed by atoms with Crippen LogP contribution in [0.5, 0.6) is 0 Å². The lowest BCUT2D eigenvalue weighted by Gasteiger charge is -2.21. The lowest BCUT2D eigenvalue weighted by Crippen LogP contribution is -2.37. The van der Waals surface area contributed by atoms with Gasteiger partial charge in [0, 0.05) is 30.7 Å². The van der Waals surface area contributed by atoms with E-state index in [0.29, 0.717) is 23.7 Å². The number of hydrogen-bond acceptors (Lipinski definition) is 4. The second-order valence-corrected chi connectivity index (χ2v) is 5.72. The summed E-state index contributed by atoms with van der Waals surface area (Å²) in [4.78, 5) is 24.7. The molecule has 1 saturated carbocycles. The van der Waals surface area contributed by atoms with Gasteiger partial charge in [0.25, 0.3) is 0 Å². The highest BCUT2D eigenvalue weighted by Gasteiger charge is 2.31. The van der Waals surface area contributed by atoms with Crippen molar-refractivity contribution in [1.29, 1.82) is 0 Å². The van der Waals surface area contributed by atoms with Crippen molar-refractivity contribution < 1.29 is 14.3 Å². The number of benzene rings is 1. The van der Waals surface area contributed by atoms with Crippen molar-refractivity contribution >= 4 is 22.7 Å². The summed E-state index contributed by atoms with van der Waals surface area (Å²) in [5, 5.41) is 13.4. The molecule has 1 aliphatic carbocycles. The summed E-state index contributed by atoms with van der Waals surface area (Å²) in [5.41, 5.74) is 0.681. The van der Waals surface area contributed by atoms with Crippen LogP contribution in [-0.2, 0) is 0 Å². The third-order valence-electron chi connectivity index (χ3n) is 3.84. The van der Waals surface area contributed by atoms with Crippen molar-refractivity contribution in [2.24, 2.45) is 5.92 Å². The van der Waals surface area contributed by atoms with Crippen LogP contribution in [0.3, 0.4) is 0 Å². The van der Waals surface area contributed by atoms with Crippen molar-refractivity contribution in [3.63, 3.8) is 0 Å². The molecule has 0 saturated heterocycles. The zero-order valence-electron chi connectivity index (χ0n) is 12.3. The second kappa shape index (κ2) is 5.81. The van der Waals surface area contributed by atoms with Crippen LogP contribution >= 0.6 is 0 Å². The number of nitrogens with zero attached hydrogens (tertiary/aromatic N) is 1. The third-order valence-corrected chi connectivity index (χ3v) is 3.84. The largest absolute Gasteiger partial charge is 0.423 e. The average molecular weight is 302 g/mol. The number of urea groups is 1. The molecule has 2 N–H and O–H groups in total. The predicted octanol–water partition coefficient (Wildman–Crippen LogP) is 2.03. The van der Waals surface area contributed by atoms with Gasteiger partial charge in [-0.1, -0.05) is 0 Å². The molecule has 1 aromatic carbocycles. The minimum atomic E-state index is -0.457. The van der Waals surface area contributed by atoms with Crippen LogP contribution in [0.2, 0.25) is 0 Å². The number of fused-ring (bicyclic) bond motifs is 1. The first kappa shape index (κ1) is 14.6. The van der Waals surface area contributed by atoms with Crippen molar-refractivity contribution in [3.05, 3.63) is 40.8 Å². The van der Waals surface area contributed by atoms with Gasteiger partial charge in [-0.3, -0.25) is 0 Å². The van der Waals surface area contributed by atoms with Crippen LogP contribution in [0.1, 0.15) is 12.8 Å². The van der Waals surface area contributed by atoms with Gasteiger partial charge in [-0.15, -0.1) is 0 Å². The molecule has 1 atom stereocenters. The topological polar surface area (TPSA) is 82.8 Å². The molecule has 0 radical (unpaired) electrons. The van der Waals surface area contributed by atoms with E-state index in [1.54, 1.807) is 31.3 Å². The van der Waals surface area contributed by atoms with Crippen molar-refractivity contribution in [2.75, 3.05) is 18.9 Å². The molecule has 6 nitrogen and oxygen atoms in total. The van der Waals surface area contributed by atoms with Gasteiger partial charge in [0.15, 0.2) is 0 Å². The number of aliphatic hydroxyl groups excluding tert-OH is 1. The Labute approximate surface area is 127 Å². The molecular formula is C16H18N2O4. The maximum absolute atomic E-state index is 12.1. The summed E-state index contributed by atoms with van der Waals surface area (Å²) in [7, 11) is 1.65. The van der Waals surface area contributed by atoms with E-state index in [1.165, 1.54) is 11.0 Å². The Morgan fingerprint density at radius 2 is 2.18 bits per heavy atom. The number of amides is 2. The van der Waals surface area contributed by atoms with E-state index < -0.39 is 11.7 Å². The first-order valence-corrected chi connectivity index (χ1v) is 7.27. The number of rotatable bonds is 4. The van der Waals surface area contributed by atoms with Gasteiger partial charge in [-0.25, -0.2) is 9.59 Å². The van der Waals surface area contributed by atoms with E-state index in [4.69, 9.17) is 4.42 Å². The van der Waals surface area contributed by atoms with Gasteiger partial charge in [0.05, 0.1) is 6.10 Å². The van der Waals surface area contributed by atoms with Crippen LogP contribution in [0, 0.1) is 5.92 Å². The summed E-state index contributed by atoms with van der Waals surface area (Å²) < 4.78 is 5.04. The number of anilines is 1. The van der Waals surface area contributed by atoms with E-state index in [0.717, 1.165) is 18.2 Å². The lowest BCUT2D eigenvalue weighted by molar-refractivity contribution is 0.117. The Balaban J connectivity index is 1.67. The number of carbonyl (C=O) groups is 1. The molecule has 0 bridgehead atoms. The summed E-state index contributed by atoms with van der Waals surface area (Å²) >= 11 is 0. The van der Waals surface area contributed by atoms with Crippen LogP contribution in [0.4, 0.5) is 10.5 Å². The van der Waals surface area contributed by atoms with Crippen LogP contribution in [0.25, 0.3) is 11.0 Å². The van der Waals surface area contributed by atoms with E-state index in [-0.39, 0.29) is 6.03 Å². The standard InChI is InChI=1S/C16H18N2O4/c1-18(9-13(19)10-2-3-10)16(21)17-12-5-6-14-11(8-12)4-7-15(20)22-14/h4-8,10,13,19H,2-3,9H2,1H3,(H,17,21). The number of hydrogen-bond donors (Lipinski definition) is 2. The molecule has 1 unspecified atom stereocenters. The minimum absolute atomic E-state index is 0.281. The van der Waals surface area contributed by atoms with Crippen LogP contribution in [0.15, 0.2) is 39.5 Å². The Bertz CT molecular complexity index is 751. The van der Waals surface area contributed by atoms with Crippen molar-refractivity contribution in [1.82, 2.24) is 4.90 Å². The molecule has 6 heteroatoms. The van der Waals surface area contributed by atoms with Crippen LogP contribution < -0.4 is 10.9 Å². The molecule has 0 spiro atoms. The summed E-state index contributed by atoms with van der Waals surface area (Å²) in [6, 6.07) is 7.77. The Kier molecular flexibility index (Phi) is 3.85. The molecule has 1 aromatic heterocycles. The smallest absolute Gasteiger partial charge is 0.336 e. The molecule has 22 heavy (non-hydrogen) atoms. The molecule has 1 aliphatic rings. The molecule has 116 valence electrons. The fourth-order valence-electron chi connectivity index (χ4n) is 2.36. The van der Waals surface area contributed by atoms with E-state index in [2.05, 4.69) is 5.32 Å². The van der Waals surface area contributed by atoms with E-state index in [1.807, 2.05) is 0 Å². The van der Waals surface area contributed by atoms with Gasteiger partial charge >= 0.3 is 11.7 Å². The normalized spacial score (nSPS) is 15.5. The second-order valence-electron chi connectivity index (χ2n) is 5.72. The SMILES string of the molecule is CN(CC(O)C1CC1)C(=O)Nc1ccc2oc(=O)ccc2c1. The Morgan fingerprint density at radius 1 is 1.41 bits per heavy atom. The summed E-state index contributed by atoms with van der Waals surface area (Å²) in [6.07, 6.45) is 1.61. The maximum atomic E-state index is 12.1. The monoisotopic (exact) mass is 302 g/mol. The van der Waals surface area contributed by atoms with Crippen molar-refractivity contribution in [3.8, 4) is 0 Å². The zero-order valence-corrected chi connectivity index (χ0v) is 12.3. The molecule has 3 rings (SSSR count). The number of aliphatic hydroxyl groups is 1.